The third-order valence-electron chi connectivity index (χ3n) is 5.27. The average Bonchev–Trinajstić information content (AvgIpc) is 2.67. The summed E-state index contributed by atoms with van der Waals surface area (Å²) in [5.41, 5.74) is 6.54. The van der Waals surface area contributed by atoms with Crippen LogP contribution in [-0.2, 0) is 9.59 Å². The van der Waals surface area contributed by atoms with Gasteiger partial charge in [0, 0.05) is 6.42 Å². The second-order valence-electron chi connectivity index (χ2n) is 8.66. The van der Waals surface area contributed by atoms with Gasteiger partial charge in [0.15, 0.2) is 0 Å². The van der Waals surface area contributed by atoms with E-state index in [1.807, 2.05) is 13.0 Å². The van der Waals surface area contributed by atoms with Gasteiger partial charge >= 0.3 is 0 Å². The van der Waals surface area contributed by atoms with Gasteiger partial charge in [-0.25, -0.2) is 0 Å². The number of allylic oxidation sites excluding steroid dienone is 10. The number of carbonyl (C=O) groups excluding carboxylic acids is 2. The summed E-state index contributed by atoms with van der Waals surface area (Å²) in [6, 6.07) is 0. The second kappa shape index (κ2) is 17.9. The van der Waals surface area contributed by atoms with E-state index in [1.54, 1.807) is 6.92 Å². The molecule has 0 aromatic carbocycles. The van der Waals surface area contributed by atoms with E-state index < -0.39 is 0 Å². The van der Waals surface area contributed by atoms with Gasteiger partial charge in [0.1, 0.15) is 12.1 Å². The Hall–Kier alpha value is -1.96. The SMILES string of the molecule is CC(=O)CC/C=C(\C)CC/C=C(\C)CC/C=C(\C)CC/C=C(\C)CC/C=C(\C)C=O. The van der Waals surface area contributed by atoms with Crippen molar-refractivity contribution in [2.24, 2.45) is 0 Å². The molecule has 0 N–H and O–H groups in total. The van der Waals surface area contributed by atoms with Gasteiger partial charge in [-0.05, 0) is 105 Å². The summed E-state index contributed by atoms with van der Waals surface area (Å²) in [6.07, 6.45) is 22.3. The van der Waals surface area contributed by atoms with Crippen LogP contribution in [0.4, 0.5) is 0 Å². The van der Waals surface area contributed by atoms with Gasteiger partial charge < -0.3 is 4.79 Å². The van der Waals surface area contributed by atoms with E-state index >= 15 is 0 Å². The van der Waals surface area contributed by atoms with E-state index in [0.717, 1.165) is 69.6 Å². The molecule has 0 aliphatic heterocycles. The van der Waals surface area contributed by atoms with Crippen molar-refractivity contribution in [3.63, 3.8) is 0 Å². The van der Waals surface area contributed by atoms with Crippen molar-refractivity contribution in [1.82, 2.24) is 0 Å². The molecular weight excluding hydrogens is 368 g/mol. The molecule has 0 heterocycles. The van der Waals surface area contributed by atoms with Crippen molar-refractivity contribution < 1.29 is 9.59 Å². The van der Waals surface area contributed by atoms with E-state index in [0.29, 0.717) is 6.42 Å². The maximum atomic E-state index is 11.0. The lowest BCUT2D eigenvalue weighted by molar-refractivity contribution is -0.116. The summed E-state index contributed by atoms with van der Waals surface area (Å²) in [5.74, 6) is 0.267. The number of carbonyl (C=O) groups is 2. The molecule has 0 aliphatic rings. The Balaban J connectivity index is 4.09. The van der Waals surface area contributed by atoms with Crippen LogP contribution in [0.5, 0.6) is 0 Å². The summed E-state index contributed by atoms with van der Waals surface area (Å²) in [6.45, 7) is 12.3. The lowest BCUT2D eigenvalue weighted by Gasteiger charge is -2.03. The molecule has 0 aromatic heterocycles. The second-order valence-corrected chi connectivity index (χ2v) is 8.66. The average molecular weight is 413 g/mol. The largest absolute Gasteiger partial charge is 0.300 e. The first-order valence-electron chi connectivity index (χ1n) is 11.5. The van der Waals surface area contributed by atoms with Crippen LogP contribution in [0.25, 0.3) is 0 Å². The monoisotopic (exact) mass is 412 g/mol. The van der Waals surface area contributed by atoms with Crippen LogP contribution >= 0.6 is 0 Å². The van der Waals surface area contributed by atoms with Crippen molar-refractivity contribution in [1.29, 1.82) is 0 Å². The minimum absolute atomic E-state index is 0.267. The van der Waals surface area contributed by atoms with Gasteiger partial charge in [-0.3, -0.25) is 4.79 Å². The Kier molecular flexibility index (Phi) is 16.7. The van der Waals surface area contributed by atoms with Gasteiger partial charge in [-0.2, -0.15) is 0 Å². The highest BCUT2D eigenvalue weighted by molar-refractivity contribution is 5.75. The minimum atomic E-state index is 0.267. The number of hydrogen-bond acceptors (Lipinski definition) is 2. The molecule has 30 heavy (non-hydrogen) atoms. The van der Waals surface area contributed by atoms with Crippen molar-refractivity contribution >= 4 is 12.1 Å². The molecule has 2 nitrogen and oxygen atoms in total. The van der Waals surface area contributed by atoms with E-state index in [4.69, 9.17) is 0 Å². The zero-order chi connectivity index (χ0) is 22.8. The maximum absolute atomic E-state index is 11.0. The minimum Gasteiger partial charge on any atom is -0.300 e. The van der Waals surface area contributed by atoms with Crippen LogP contribution in [0.15, 0.2) is 58.2 Å². The Bertz CT molecular complexity index is 669. The van der Waals surface area contributed by atoms with Crippen molar-refractivity contribution in [3.05, 3.63) is 58.2 Å². The molecule has 0 saturated carbocycles. The van der Waals surface area contributed by atoms with Gasteiger partial charge in [0.05, 0.1) is 0 Å². The molecular formula is C28H44O2. The fraction of sp³-hybridized carbons (Fsp3) is 0.571. The summed E-state index contributed by atoms with van der Waals surface area (Å²) in [5, 5.41) is 0. The van der Waals surface area contributed by atoms with E-state index in [9.17, 15) is 9.59 Å². The van der Waals surface area contributed by atoms with Crippen LogP contribution in [-0.4, -0.2) is 12.1 Å². The van der Waals surface area contributed by atoms with E-state index in [2.05, 4.69) is 52.0 Å². The Morgan fingerprint density at radius 2 is 0.800 bits per heavy atom. The lowest BCUT2D eigenvalue weighted by Crippen LogP contribution is -1.87. The molecule has 0 saturated heterocycles. The van der Waals surface area contributed by atoms with E-state index in [-0.39, 0.29) is 5.78 Å². The van der Waals surface area contributed by atoms with Crippen LogP contribution in [0.3, 0.4) is 0 Å². The molecule has 0 unspecified atom stereocenters. The summed E-state index contributed by atoms with van der Waals surface area (Å²) in [7, 11) is 0. The number of ketones is 1. The molecule has 0 amide bonds. The Morgan fingerprint density at radius 1 is 0.500 bits per heavy atom. The number of Topliss-reactive ketones (excluding diaryl/α,β-unsaturated/α-hetero) is 1. The fourth-order valence-electron chi connectivity index (χ4n) is 3.14. The molecule has 0 aliphatic carbocycles. The quantitative estimate of drug-likeness (QED) is 0.145. The van der Waals surface area contributed by atoms with Gasteiger partial charge in [-0.1, -0.05) is 52.7 Å². The molecule has 0 bridgehead atoms. The zero-order valence-electron chi connectivity index (χ0n) is 20.4. The first-order valence-corrected chi connectivity index (χ1v) is 11.5. The Labute approximate surface area is 185 Å². The van der Waals surface area contributed by atoms with Gasteiger partial charge in [0.2, 0.25) is 0 Å². The summed E-state index contributed by atoms with van der Waals surface area (Å²) < 4.78 is 0. The molecule has 0 spiro atoms. The molecule has 0 rings (SSSR count). The number of aldehydes is 1. The molecule has 0 radical (unpaired) electrons. The van der Waals surface area contributed by atoms with Crippen LogP contribution in [0.2, 0.25) is 0 Å². The molecule has 0 aromatic rings. The fourth-order valence-corrected chi connectivity index (χ4v) is 3.14. The molecule has 0 atom stereocenters. The first-order chi connectivity index (χ1) is 14.2. The zero-order valence-corrected chi connectivity index (χ0v) is 20.4. The first kappa shape index (κ1) is 28.0. The van der Waals surface area contributed by atoms with E-state index in [1.165, 1.54) is 22.3 Å². The highest BCUT2D eigenvalue weighted by Gasteiger charge is 1.95. The lowest BCUT2D eigenvalue weighted by atomic mass is 10.0. The smallest absolute Gasteiger partial charge is 0.145 e. The maximum Gasteiger partial charge on any atom is 0.145 e. The topological polar surface area (TPSA) is 34.1 Å². The Morgan fingerprint density at radius 3 is 1.10 bits per heavy atom. The normalized spacial score (nSPS) is 14.3. The number of rotatable bonds is 16. The van der Waals surface area contributed by atoms with Crippen molar-refractivity contribution in [2.75, 3.05) is 0 Å². The summed E-state index contributed by atoms with van der Waals surface area (Å²) in [4.78, 5) is 21.6. The van der Waals surface area contributed by atoms with Gasteiger partial charge in [0.25, 0.3) is 0 Å². The molecule has 168 valence electrons. The standard InChI is InChI=1S/C28H44O2/c1-23(14-8-16-25(3)18-10-20-27(5)22-29)12-7-13-24(2)15-9-17-26(4)19-11-21-28(6)30/h12,15-16,19-20,22H,7-11,13-14,17-18,21H2,1-6H3/b23-12+,24-15+,25-16+,26-19+,27-20+. The summed E-state index contributed by atoms with van der Waals surface area (Å²) >= 11 is 0. The predicted molar refractivity (Wildman–Crippen MR) is 132 cm³/mol. The highest BCUT2D eigenvalue weighted by atomic mass is 16.1. The van der Waals surface area contributed by atoms with Crippen molar-refractivity contribution in [2.45, 2.75) is 106 Å². The van der Waals surface area contributed by atoms with Crippen LogP contribution < -0.4 is 0 Å². The molecule has 0 fully saturated rings. The third-order valence-corrected chi connectivity index (χ3v) is 5.27. The predicted octanol–water partition coefficient (Wildman–Crippen LogP) is 8.41. The highest BCUT2D eigenvalue weighted by Crippen LogP contribution is 2.15. The van der Waals surface area contributed by atoms with Crippen LogP contribution in [0.1, 0.15) is 106 Å². The number of hydrogen-bond donors (Lipinski definition) is 0. The van der Waals surface area contributed by atoms with Crippen LogP contribution in [0, 0.1) is 0 Å². The van der Waals surface area contributed by atoms with Gasteiger partial charge in [-0.15, -0.1) is 0 Å². The molecule has 2 heteroatoms. The van der Waals surface area contributed by atoms with Crippen molar-refractivity contribution in [3.8, 4) is 0 Å². The third kappa shape index (κ3) is 18.1.